The largest absolute Gasteiger partial charge is 0.416 e. The lowest BCUT2D eigenvalue weighted by atomic mass is 10.1. The van der Waals surface area contributed by atoms with Gasteiger partial charge in [0, 0.05) is 18.3 Å². The van der Waals surface area contributed by atoms with Crippen molar-refractivity contribution in [1.29, 1.82) is 0 Å². The molecule has 2 rings (SSSR count). The molecular weight excluding hydrogens is 309 g/mol. The maximum Gasteiger partial charge on any atom is 0.416 e. The summed E-state index contributed by atoms with van der Waals surface area (Å²) in [5.74, 6) is 0. The first-order chi connectivity index (χ1) is 8.45. The van der Waals surface area contributed by atoms with Crippen LogP contribution in [0.4, 0.5) is 13.2 Å². The van der Waals surface area contributed by atoms with E-state index >= 15 is 0 Å². The van der Waals surface area contributed by atoms with Gasteiger partial charge in [-0.15, -0.1) is 0 Å². The average Bonchev–Trinajstić information content (AvgIpc) is 2.28. The summed E-state index contributed by atoms with van der Waals surface area (Å²) in [7, 11) is 0. The normalized spacial score (nSPS) is 11.6. The Morgan fingerprint density at radius 3 is 2.28 bits per heavy atom. The van der Waals surface area contributed by atoms with E-state index in [1.165, 1.54) is 12.1 Å². The predicted octanol–water partition coefficient (Wildman–Crippen LogP) is 3.85. The number of hydrogen-bond acceptors (Lipinski definition) is 2. The molecule has 0 unspecified atom stereocenters. The molecule has 1 heterocycles. The molecule has 0 atom stereocenters. The number of hydrogen-bond donors (Lipinski definition) is 0. The summed E-state index contributed by atoms with van der Waals surface area (Å²) in [5, 5.41) is 0. The van der Waals surface area contributed by atoms with E-state index in [1.54, 1.807) is 12.3 Å². The zero-order valence-electron chi connectivity index (χ0n) is 9.08. The number of benzene rings is 1. The van der Waals surface area contributed by atoms with Crippen molar-refractivity contribution < 1.29 is 13.2 Å². The molecule has 2 aromatic rings. The van der Waals surface area contributed by atoms with Crippen LogP contribution in [0.2, 0.25) is 0 Å². The van der Waals surface area contributed by atoms with Crippen LogP contribution in [-0.4, -0.2) is 9.97 Å². The van der Waals surface area contributed by atoms with Crippen LogP contribution in [0, 0.1) is 0 Å². The molecule has 0 fully saturated rings. The van der Waals surface area contributed by atoms with Crippen LogP contribution in [0.1, 0.15) is 16.8 Å². The molecule has 0 saturated heterocycles. The van der Waals surface area contributed by atoms with Gasteiger partial charge in [-0.3, -0.25) is 0 Å². The average molecular weight is 317 g/mol. The summed E-state index contributed by atoms with van der Waals surface area (Å²) in [6.07, 6.45) is -2.23. The number of rotatable bonds is 2. The molecule has 18 heavy (non-hydrogen) atoms. The lowest BCUT2D eigenvalue weighted by Crippen LogP contribution is -2.04. The van der Waals surface area contributed by atoms with Gasteiger partial charge < -0.3 is 0 Å². The molecule has 0 saturated carbocycles. The molecule has 0 aliphatic carbocycles. The minimum Gasteiger partial charge on any atom is -0.231 e. The summed E-state index contributed by atoms with van der Waals surface area (Å²) >= 11 is 3.14. The van der Waals surface area contributed by atoms with Crippen LogP contribution in [-0.2, 0) is 12.6 Å². The Balaban J connectivity index is 2.16. The highest BCUT2D eigenvalue weighted by atomic mass is 79.9. The molecule has 6 heteroatoms. The van der Waals surface area contributed by atoms with Crippen molar-refractivity contribution in [3.05, 3.63) is 58.1 Å². The van der Waals surface area contributed by atoms with Gasteiger partial charge in [0.1, 0.15) is 0 Å². The van der Waals surface area contributed by atoms with E-state index in [4.69, 9.17) is 0 Å². The Kier molecular flexibility index (Phi) is 3.65. The summed E-state index contributed by atoms with van der Waals surface area (Å²) in [6, 6.07) is 6.79. The Labute approximate surface area is 110 Å². The second-order valence-electron chi connectivity index (χ2n) is 3.69. The van der Waals surface area contributed by atoms with E-state index < -0.39 is 11.7 Å². The van der Waals surface area contributed by atoms with Crippen molar-refractivity contribution in [3.8, 4) is 0 Å². The van der Waals surface area contributed by atoms with E-state index in [-0.39, 0.29) is 0 Å². The van der Waals surface area contributed by atoms with E-state index in [2.05, 4.69) is 25.9 Å². The third kappa shape index (κ3) is 3.29. The van der Waals surface area contributed by atoms with E-state index in [0.717, 1.165) is 23.4 Å². The van der Waals surface area contributed by atoms with Gasteiger partial charge in [-0.25, -0.2) is 9.97 Å². The molecule has 0 aliphatic heterocycles. The highest BCUT2D eigenvalue weighted by molar-refractivity contribution is 9.10. The molecule has 1 aromatic carbocycles. The van der Waals surface area contributed by atoms with Crippen LogP contribution >= 0.6 is 15.9 Å². The molecule has 0 amide bonds. The molecule has 94 valence electrons. The summed E-state index contributed by atoms with van der Waals surface area (Å²) in [4.78, 5) is 8.01. The molecule has 0 bridgehead atoms. The van der Waals surface area contributed by atoms with E-state index in [1.807, 2.05) is 0 Å². The lowest BCUT2D eigenvalue weighted by molar-refractivity contribution is -0.137. The van der Waals surface area contributed by atoms with Crippen molar-refractivity contribution >= 4 is 15.9 Å². The van der Waals surface area contributed by atoms with E-state index in [0.29, 0.717) is 11.2 Å². The molecule has 2 nitrogen and oxygen atoms in total. The molecule has 0 radical (unpaired) electrons. The predicted molar refractivity (Wildman–Crippen MR) is 64.0 cm³/mol. The molecule has 0 spiro atoms. The fourth-order valence-electron chi connectivity index (χ4n) is 1.49. The van der Waals surface area contributed by atoms with Crippen molar-refractivity contribution in [3.63, 3.8) is 0 Å². The minimum absolute atomic E-state index is 0.465. The Hall–Kier alpha value is -1.43. The van der Waals surface area contributed by atoms with E-state index in [9.17, 15) is 13.2 Å². The maximum atomic E-state index is 12.4. The van der Waals surface area contributed by atoms with Crippen LogP contribution in [0.3, 0.4) is 0 Å². The minimum atomic E-state index is -4.30. The van der Waals surface area contributed by atoms with Crippen LogP contribution < -0.4 is 0 Å². The number of alkyl halides is 3. The highest BCUT2D eigenvalue weighted by Crippen LogP contribution is 2.29. The maximum absolute atomic E-state index is 12.4. The standard InChI is InChI=1S/C12H8BrF3N2/c13-11-17-6-5-10(18-11)7-8-1-3-9(4-2-8)12(14,15)16/h1-6H,7H2. The summed E-state index contributed by atoms with van der Waals surface area (Å²) < 4.78 is 37.6. The number of halogens is 4. The quantitative estimate of drug-likeness (QED) is 0.786. The van der Waals surface area contributed by atoms with Crippen LogP contribution in [0.25, 0.3) is 0 Å². The SMILES string of the molecule is FC(F)(F)c1ccc(Cc2ccnc(Br)n2)cc1. The Bertz CT molecular complexity index is 538. The molecule has 0 aliphatic rings. The summed E-state index contributed by atoms with van der Waals surface area (Å²) in [6.45, 7) is 0. The monoisotopic (exact) mass is 316 g/mol. The van der Waals surface area contributed by atoms with Crippen LogP contribution in [0.15, 0.2) is 41.3 Å². The first-order valence-electron chi connectivity index (χ1n) is 5.09. The van der Waals surface area contributed by atoms with Gasteiger partial charge in [0.25, 0.3) is 0 Å². The van der Waals surface area contributed by atoms with Gasteiger partial charge in [0.05, 0.1) is 5.56 Å². The molecule has 0 N–H and O–H groups in total. The highest BCUT2D eigenvalue weighted by Gasteiger charge is 2.29. The van der Waals surface area contributed by atoms with Crippen molar-refractivity contribution in [2.45, 2.75) is 12.6 Å². The Morgan fingerprint density at radius 2 is 1.72 bits per heavy atom. The third-order valence-corrected chi connectivity index (χ3v) is 2.73. The third-order valence-electron chi connectivity index (χ3n) is 2.35. The number of nitrogens with zero attached hydrogens (tertiary/aromatic N) is 2. The zero-order valence-corrected chi connectivity index (χ0v) is 10.7. The topological polar surface area (TPSA) is 25.8 Å². The van der Waals surface area contributed by atoms with Gasteiger partial charge in [-0.05, 0) is 39.7 Å². The van der Waals surface area contributed by atoms with Gasteiger partial charge in [0.15, 0.2) is 4.73 Å². The van der Waals surface area contributed by atoms with Crippen molar-refractivity contribution in [2.24, 2.45) is 0 Å². The molecular formula is C12H8BrF3N2. The second kappa shape index (κ2) is 5.06. The number of aromatic nitrogens is 2. The molecule has 1 aromatic heterocycles. The first-order valence-corrected chi connectivity index (χ1v) is 5.88. The fraction of sp³-hybridized carbons (Fsp3) is 0.167. The van der Waals surface area contributed by atoms with Gasteiger partial charge in [-0.2, -0.15) is 13.2 Å². The van der Waals surface area contributed by atoms with Gasteiger partial charge in [-0.1, -0.05) is 12.1 Å². The second-order valence-corrected chi connectivity index (χ2v) is 4.40. The van der Waals surface area contributed by atoms with Gasteiger partial charge in [0.2, 0.25) is 0 Å². The van der Waals surface area contributed by atoms with Crippen molar-refractivity contribution in [1.82, 2.24) is 9.97 Å². The fourth-order valence-corrected chi connectivity index (χ4v) is 1.83. The first kappa shape index (κ1) is 13.0. The zero-order chi connectivity index (χ0) is 13.2. The smallest absolute Gasteiger partial charge is 0.231 e. The van der Waals surface area contributed by atoms with Gasteiger partial charge >= 0.3 is 6.18 Å². The van der Waals surface area contributed by atoms with Crippen LogP contribution in [0.5, 0.6) is 0 Å². The Morgan fingerprint density at radius 1 is 1.06 bits per heavy atom. The lowest BCUT2D eigenvalue weighted by Gasteiger charge is -2.07. The van der Waals surface area contributed by atoms with Crippen molar-refractivity contribution in [2.75, 3.05) is 0 Å². The summed E-state index contributed by atoms with van der Waals surface area (Å²) in [5.41, 5.74) is 0.875.